The number of anilines is 1. The SMILES string of the molecule is COC(=O)C(Br)CN1CCCCc2ccccc21. The molecule has 0 saturated carbocycles. The highest BCUT2D eigenvalue weighted by molar-refractivity contribution is 9.10. The number of carbonyl (C=O) groups excluding carboxylic acids is 1. The van der Waals surface area contributed by atoms with Gasteiger partial charge in [0, 0.05) is 18.8 Å². The molecule has 1 aromatic carbocycles. The summed E-state index contributed by atoms with van der Waals surface area (Å²) in [5.41, 5.74) is 2.63. The second-order valence-corrected chi connectivity index (χ2v) is 5.63. The van der Waals surface area contributed by atoms with Gasteiger partial charge < -0.3 is 9.64 Å². The van der Waals surface area contributed by atoms with Gasteiger partial charge in [0.25, 0.3) is 0 Å². The maximum absolute atomic E-state index is 11.5. The molecular weight excluding hydrogens is 294 g/mol. The first-order valence-corrected chi connectivity index (χ1v) is 7.18. The van der Waals surface area contributed by atoms with Gasteiger partial charge in [-0.1, -0.05) is 34.1 Å². The van der Waals surface area contributed by atoms with E-state index >= 15 is 0 Å². The molecule has 4 heteroatoms. The maximum Gasteiger partial charge on any atom is 0.321 e. The Morgan fingerprint density at radius 2 is 2.22 bits per heavy atom. The minimum atomic E-state index is -0.270. The topological polar surface area (TPSA) is 29.5 Å². The molecule has 1 atom stereocenters. The lowest BCUT2D eigenvalue weighted by molar-refractivity contribution is -0.139. The first kappa shape index (κ1) is 13.4. The fourth-order valence-electron chi connectivity index (χ4n) is 2.35. The summed E-state index contributed by atoms with van der Waals surface area (Å²) < 4.78 is 4.76. The van der Waals surface area contributed by atoms with Crippen LogP contribution in [-0.2, 0) is 16.0 Å². The summed E-state index contributed by atoms with van der Waals surface area (Å²) in [5, 5.41) is 0. The van der Waals surface area contributed by atoms with Gasteiger partial charge in [0.15, 0.2) is 0 Å². The molecule has 0 spiro atoms. The third-order valence-electron chi connectivity index (χ3n) is 3.29. The highest BCUT2D eigenvalue weighted by atomic mass is 79.9. The molecule has 1 aliphatic rings. The predicted octanol–water partition coefficient (Wildman–Crippen LogP) is 2.77. The third-order valence-corrected chi connectivity index (χ3v) is 3.96. The number of hydrogen-bond donors (Lipinski definition) is 0. The Balaban J connectivity index is 2.15. The van der Waals surface area contributed by atoms with Crippen LogP contribution in [0.2, 0.25) is 0 Å². The number of ether oxygens (including phenoxy) is 1. The lowest BCUT2D eigenvalue weighted by Crippen LogP contribution is -2.34. The smallest absolute Gasteiger partial charge is 0.321 e. The van der Waals surface area contributed by atoms with Crippen molar-refractivity contribution in [1.29, 1.82) is 0 Å². The first-order valence-electron chi connectivity index (χ1n) is 6.27. The Labute approximate surface area is 116 Å². The minimum Gasteiger partial charge on any atom is -0.468 e. The van der Waals surface area contributed by atoms with Crippen molar-refractivity contribution in [3.8, 4) is 0 Å². The van der Waals surface area contributed by atoms with E-state index in [-0.39, 0.29) is 10.8 Å². The largest absolute Gasteiger partial charge is 0.468 e. The summed E-state index contributed by atoms with van der Waals surface area (Å²) in [4.78, 5) is 13.5. The van der Waals surface area contributed by atoms with Crippen LogP contribution in [0.25, 0.3) is 0 Å². The van der Waals surface area contributed by atoms with Crippen LogP contribution in [0, 0.1) is 0 Å². The standard InChI is InChI=1S/C14H18BrNO2/c1-18-14(17)12(15)10-16-9-5-4-7-11-6-2-3-8-13(11)16/h2-3,6,8,12H,4-5,7,9-10H2,1H3. The molecule has 3 nitrogen and oxygen atoms in total. The van der Waals surface area contributed by atoms with Crippen molar-refractivity contribution in [3.63, 3.8) is 0 Å². The van der Waals surface area contributed by atoms with Gasteiger partial charge in [0.2, 0.25) is 0 Å². The van der Waals surface area contributed by atoms with Crippen LogP contribution >= 0.6 is 15.9 Å². The van der Waals surface area contributed by atoms with Crippen LogP contribution in [0.5, 0.6) is 0 Å². The van der Waals surface area contributed by atoms with Crippen molar-refractivity contribution >= 4 is 27.6 Å². The molecule has 1 heterocycles. The van der Waals surface area contributed by atoms with Gasteiger partial charge in [0.1, 0.15) is 4.83 Å². The number of esters is 1. The van der Waals surface area contributed by atoms with Gasteiger partial charge in [-0.25, -0.2) is 0 Å². The fourth-order valence-corrected chi connectivity index (χ4v) is 2.89. The maximum atomic E-state index is 11.5. The summed E-state index contributed by atoms with van der Waals surface area (Å²) in [6, 6.07) is 8.44. The average molecular weight is 312 g/mol. The number of hydrogen-bond acceptors (Lipinski definition) is 3. The van der Waals surface area contributed by atoms with Crippen molar-refractivity contribution in [1.82, 2.24) is 0 Å². The number of nitrogens with zero attached hydrogens (tertiary/aromatic N) is 1. The number of aryl methyl sites for hydroxylation is 1. The van der Waals surface area contributed by atoms with E-state index in [9.17, 15) is 4.79 Å². The van der Waals surface area contributed by atoms with Crippen LogP contribution in [0.3, 0.4) is 0 Å². The molecule has 0 amide bonds. The van der Waals surface area contributed by atoms with Crippen LogP contribution in [0.4, 0.5) is 5.69 Å². The van der Waals surface area contributed by atoms with E-state index in [1.165, 1.54) is 24.8 Å². The molecule has 1 aliphatic heterocycles. The zero-order valence-electron chi connectivity index (χ0n) is 10.6. The van der Waals surface area contributed by atoms with Crippen molar-refractivity contribution in [3.05, 3.63) is 29.8 Å². The Bertz CT molecular complexity index is 422. The van der Waals surface area contributed by atoms with Gasteiger partial charge in [-0.3, -0.25) is 4.79 Å². The number of para-hydroxylation sites is 1. The molecule has 18 heavy (non-hydrogen) atoms. The molecule has 1 unspecified atom stereocenters. The van der Waals surface area contributed by atoms with Gasteiger partial charge in [0.05, 0.1) is 7.11 Å². The zero-order chi connectivity index (χ0) is 13.0. The van der Waals surface area contributed by atoms with Crippen LogP contribution < -0.4 is 4.90 Å². The molecular formula is C14H18BrNO2. The molecule has 0 fully saturated rings. The summed E-state index contributed by atoms with van der Waals surface area (Å²) in [7, 11) is 1.42. The fraction of sp³-hybridized carbons (Fsp3) is 0.500. The second kappa shape index (κ2) is 6.23. The van der Waals surface area contributed by atoms with E-state index in [1.54, 1.807) is 0 Å². The van der Waals surface area contributed by atoms with Gasteiger partial charge in [-0.2, -0.15) is 0 Å². The Morgan fingerprint density at radius 3 is 3.00 bits per heavy atom. The van der Waals surface area contributed by atoms with Crippen molar-refractivity contribution < 1.29 is 9.53 Å². The quantitative estimate of drug-likeness (QED) is 0.635. The average Bonchev–Trinajstić information content (AvgIpc) is 2.60. The number of rotatable bonds is 3. The summed E-state index contributed by atoms with van der Waals surface area (Å²) in [6.07, 6.45) is 3.49. The summed E-state index contributed by atoms with van der Waals surface area (Å²) in [5.74, 6) is -0.211. The number of methoxy groups -OCH3 is 1. The van der Waals surface area contributed by atoms with Crippen LogP contribution in [0.15, 0.2) is 24.3 Å². The van der Waals surface area contributed by atoms with Gasteiger partial charge in [-0.05, 0) is 30.9 Å². The Hall–Kier alpha value is -1.03. The molecule has 0 N–H and O–H groups in total. The molecule has 98 valence electrons. The first-order chi connectivity index (χ1) is 8.72. The Kier molecular flexibility index (Phi) is 4.64. The molecule has 0 aliphatic carbocycles. The molecule has 0 saturated heterocycles. The number of carbonyl (C=O) groups is 1. The Morgan fingerprint density at radius 1 is 1.44 bits per heavy atom. The number of alkyl halides is 1. The van der Waals surface area contributed by atoms with E-state index in [0.717, 1.165) is 19.4 Å². The van der Waals surface area contributed by atoms with Crippen molar-refractivity contribution in [2.45, 2.75) is 24.1 Å². The minimum absolute atomic E-state index is 0.211. The zero-order valence-corrected chi connectivity index (χ0v) is 12.1. The van der Waals surface area contributed by atoms with E-state index in [2.05, 4.69) is 45.1 Å². The van der Waals surface area contributed by atoms with E-state index < -0.39 is 0 Å². The molecule has 0 bridgehead atoms. The van der Waals surface area contributed by atoms with E-state index in [0.29, 0.717) is 6.54 Å². The monoisotopic (exact) mass is 311 g/mol. The van der Waals surface area contributed by atoms with Crippen LogP contribution in [-0.4, -0.2) is 31.0 Å². The molecule has 2 rings (SSSR count). The number of fused-ring (bicyclic) bond motifs is 1. The van der Waals surface area contributed by atoms with Gasteiger partial charge >= 0.3 is 5.97 Å². The highest BCUT2D eigenvalue weighted by Crippen LogP contribution is 2.26. The van der Waals surface area contributed by atoms with Crippen molar-refractivity contribution in [2.75, 3.05) is 25.1 Å². The molecule has 0 radical (unpaired) electrons. The number of benzene rings is 1. The predicted molar refractivity (Wildman–Crippen MR) is 76.3 cm³/mol. The lowest BCUT2D eigenvalue weighted by atomic mass is 10.1. The van der Waals surface area contributed by atoms with E-state index in [1.807, 2.05) is 0 Å². The molecule has 1 aromatic rings. The summed E-state index contributed by atoms with van der Waals surface area (Å²) in [6.45, 7) is 1.65. The normalized spacial score (nSPS) is 16.7. The summed E-state index contributed by atoms with van der Waals surface area (Å²) >= 11 is 3.40. The van der Waals surface area contributed by atoms with Crippen LogP contribution in [0.1, 0.15) is 18.4 Å². The second-order valence-electron chi connectivity index (χ2n) is 4.52. The van der Waals surface area contributed by atoms with E-state index in [4.69, 9.17) is 4.74 Å². The lowest BCUT2D eigenvalue weighted by Gasteiger charge is -2.26. The molecule has 0 aromatic heterocycles. The van der Waals surface area contributed by atoms with Gasteiger partial charge in [-0.15, -0.1) is 0 Å². The highest BCUT2D eigenvalue weighted by Gasteiger charge is 2.22. The number of halogens is 1. The third kappa shape index (κ3) is 3.05. The van der Waals surface area contributed by atoms with Crippen molar-refractivity contribution in [2.24, 2.45) is 0 Å².